The van der Waals surface area contributed by atoms with E-state index in [0.717, 1.165) is 25.2 Å². The third kappa shape index (κ3) is 7.43. The zero-order chi connectivity index (χ0) is 21.9. The largest absolute Gasteiger partial charge is 0.490 e. The fourth-order valence-electron chi connectivity index (χ4n) is 3.29. The average Bonchev–Trinajstić information content (AvgIpc) is 3.45. The molecular weight excluding hydrogens is 408 g/mol. The smallest absolute Gasteiger partial charge is 0.387 e. The first kappa shape index (κ1) is 22.9. The van der Waals surface area contributed by atoms with Crippen LogP contribution in [0.1, 0.15) is 31.1 Å². The van der Waals surface area contributed by atoms with Crippen molar-refractivity contribution >= 4 is 5.96 Å². The Bertz CT molecular complexity index is 809. The summed E-state index contributed by atoms with van der Waals surface area (Å²) < 4.78 is 47.1. The number of guanidine groups is 1. The van der Waals surface area contributed by atoms with Crippen LogP contribution in [0.5, 0.6) is 11.5 Å². The summed E-state index contributed by atoms with van der Waals surface area (Å²) in [5, 5.41) is 6.53. The molecule has 0 radical (unpaired) electrons. The second-order valence-electron chi connectivity index (χ2n) is 6.99. The molecule has 2 heterocycles. The number of alkyl halides is 2. The summed E-state index contributed by atoms with van der Waals surface area (Å²) in [5.74, 6) is 1.71. The molecule has 1 aliphatic heterocycles. The highest BCUT2D eigenvalue weighted by Gasteiger charge is 2.17. The lowest BCUT2D eigenvalue weighted by molar-refractivity contribution is -0.0520. The zero-order valence-electron chi connectivity index (χ0n) is 17.6. The Morgan fingerprint density at radius 2 is 2.16 bits per heavy atom. The molecule has 9 heteroatoms. The van der Waals surface area contributed by atoms with E-state index in [1.165, 1.54) is 0 Å². The Morgan fingerprint density at radius 1 is 1.26 bits per heavy atom. The fourth-order valence-corrected chi connectivity index (χ4v) is 3.29. The summed E-state index contributed by atoms with van der Waals surface area (Å²) >= 11 is 0. The van der Waals surface area contributed by atoms with Crippen LogP contribution in [0.3, 0.4) is 0 Å². The Balaban J connectivity index is 1.69. The van der Waals surface area contributed by atoms with Gasteiger partial charge in [-0.2, -0.15) is 8.78 Å². The predicted molar refractivity (Wildman–Crippen MR) is 113 cm³/mol. The van der Waals surface area contributed by atoms with Crippen molar-refractivity contribution in [1.82, 2.24) is 10.6 Å². The van der Waals surface area contributed by atoms with Crippen LogP contribution in [0.4, 0.5) is 8.78 Å². The second kappa shape index (κ2) is 12.1. The van der Waals surface area contributed by atoms with Crippen LogP contribution in [0.2, 0.25) is 0 Å². The molecule has 31 heavy (non-hydrogen) atoms. The first-order valence-corrected chi connectivity index (χ1v) is 10.5. The van der Waals surface area contributed by atoms with Crippen molar-refractivity contribution in [3.63, 3.8) is 0 Å². The summed E-state index contributed by atoms with van der Waals surface area (Å²) in [6.07, 6.45) is 4.50. The summed E-state index contributed by atoms with van der Waals surface area (Å²) in [4.78, 5) is 4.57. The van der Waals surface area contributed by atoms with E-state index in [-0.39, 0.29) is 24.1 Å². The minimum atomic E-state index is -2.95. The molecule has 170 valence electrons. The summed E-state index contributed by atoms with van der Waals surface area (Å²) in [5.41, 5.74) is 0.510. The first-order valence-electron chi connectivity index (χ1n) is 10.5. The van der Waals surface area contributed by atoms with Gasteiger partial charge < -0.3 is 29.3 Å². The first-order chi connectivity index (χ1) is 15.2. The van der Waals surface area contributed by atoms with Gasteiger partial charge in [-0.3, -0.25) is 0 Å². The number of rotatable bonds is 11. The van der Waals surface area contributed by atoms with Crippen LogP contribution in [0, 0.1) is 0 Å². The van der Waals surface area contributed by atoms with Crippen molar-refractivity contribution in [2.75, 3.05) is 26.3 Å². The van der Waals surface area contributed by atoms with Crippen molar-refractivity contribution in [2.24, 2.45) is 4.99 Å². The van der Waals surface area contributed by atoms with E-state index in [9.17, 15) is 8.78 Å². The Labute approximate surface area is 180 Å². The van der Waals surface area contributed by atoms with Crippen molar-refractivity contribution < 1.29 is 27.4 Å². The quantitative estimate of drug-likeness (QED) is 0.412. The molecule has 1 aliphatic rings. The predicted octanol–water partition coefficient (Wildman–Crippen LogP) is 3.74. The van der Waals surface area contributed by atoms with Crippen LogP contribution in [0.15, 0.2) is 46.0 Å². The van der Waals surface area contributed by atoms with Crippen molar-refractivity contribution in [3.8, 4) is 11.5 Å². The SMILES string of the molecule is CCOc1cccc(CN=C(NCCc2ccco2)NCC2CCCO2)c1OC(F)F. The highest BCUT2D eigenvalue weighted by Crippen LogP contribution is 2.33. The molecule has 1 unspecified atom stereocenters. The molecule has 1 aromatic heterocycles. The van der Waals surface area contributed by atoms with Gasteiger partial charge in [-0.1, -0.05) is 12.1 Å². The number of para-hydroxylation sites is 1. The average molecular weight is 437 g/mol. The maximum atomic E-state index is 13.0. The van der Waals surface area contributed by atoms with E-state index in [4.69, 9.17) is 18.6 Å². The molecule has 0 bridgehead atoms. The highest BCUT2D eigenvalue weighted by molar-refractivity contribution is 5.79. The third-order valence-electron chi connectivity index (χ3n) is 4.74. The number of nitrogens with one attached hydrogen (secondary N) is 2. The summed E-state index contributed by atoms with van der Waals surface area (Å²) in [7, 11) is 0. The van der Waals surface area contributed by atoms with Gasteiger partial charge in [-0.15, -0.1) is 0 Å². The molecule has 1 atom stereocenters. The molecule has 0 saturated carbocycles. The molecule has 0 amide bonds. The molecule has 3 rings (SSSR count). The molecule has 7 nitrogen and oxygen atoms in total. The van der Waals surface area contributed by atoms with Crippen LogP contribution < -0.4 is 20.1 Å². The van der Waals surface area contributed by atoms with Gasteiger partial charge in [0.25, 0.3) is 0 Å². The van der Waals surface area contributed by atoms with E-state index in [1.807, 2.05) is 12.1 Å². The molecular formula is C22H29F2N3O4. The monoisotopic (exact) mass is 437 g/mol. The third-order valence-corrected chi connectivity index (χ3v) is 4.74. The van der Waals surface area contributed by atoms with Crippen LogP contribution in [-0.4, -0.2) is 45.0 Å². The van der Waals surface area contributed by atoms with Gasteiger partial charge in [0, 0.05) is 31.7 Å². The van der Waals surface area contributed by atoms with Gasteiger partial charge in [-0.05, 0) is 38.0 Å². The van der Waals surface area contributed by atoms with Gasteiger partial charge in [0.1, 0.15) is 5.76 Å². The lowest BCUT2D eigenvalue weighted by atomic mass is 10.2. The molecule has 1 aromatic carbocycles. The number of aliphatic imine (C=N–C) groups is 1. The fraction of sp³-hybridized carbons (Fsp3) is 0.500. The number of halogens is 2. The second-order valence-corrected chi connectivity index (χ2v) is 6.99. The van der Waals surface area contributed by atoms with Gasteiger partial charge in [0.05, 0.1) is 25.5 Å². The molecule has 2 N–H and O–H groups in total. The van der Waals surface area contributed by atoms with Gasteiger partial charge in [-0.25, -0.2) is 4.99 Å². The van der Waals surface area contributed by atoms with Crippen LogP contribution >= 0.6 is 0 Å². The van der Waals surface area contributed by atoms with Crippen LogP contribution in [0.25, 0.3) is 0 Å². The normalized spacial score (nSPS) is 16.5. The molecule has 1 saturated heterocycles. The Kier molecular flexibility index (Phi) is 8.96. The minimum Gasteiger partial charge on any atom is -0.490 e. The number of nitrogens with zero attached hydrogens (tertiary/aromatic N) is 1. The Morgan fingerprint density at radius 3 is 2.87 bits per heavy atom. The van der Waals surface area contributed by atoms with E-state index in [1.54, 1.807) is 31.4 Å². The lowest BCUT2D eigenvalue weighted by Crippen LogP contribution is -2.41. The Hall–Kier alpha value is -2.81. The zero-order valence-corrected chi connectivity index (χ0v) is 17.6. The topological polar surface area (TPSA) is 77.2 Å². The number of furan rings is 1. The van der Waals surface area contributed by atoms with Gasteiger partial charge in [0.15, 0.2) is 17.5 Å². The minimum absolute atomic E-state index is 0.0113. The van der Waals surface area contributed by atoms with Crippen LogP contribution in [-0.2, 0) is 17.7 Å². The van der Waals surface area contributed by atoms with Gasteiger partial charge >= 0.3 is 6.61 Å². The molecule has 1 fully saturated rings. The number of hydrogen-bond donors (Lipinski definition) is 2. The highest BCUT2D eigenvalue weighted by atomic mass is 19.3. The number of ether oxygens (including phenoxy) is 3. The van der Waals surface area contributed by atoms with Crippen molar-refractivity contribution in [1.29, 1.82) is 0 Å². The maximum Gasteiger partial charge on any atom is 0.387 e. The van der Waals surface area contributed by atoms with E-state index in [2.05, 4.69) is 15.6 Å². The van der Waals surface area contributed by atoms with E-state index >= 15 is 0 Å². The van der Waals surface area contributed by atoms with E-state index in [0.29, 0.717) is 37.6 Å². The number of benzene rings is 1. The molecule has 0 aliphatic carbocycles. The maximum absolute atomic E-state index is 13.0. The molecule has 2 aromatic rings. The molecule has 0 spiro atoms. The lowest BCUT2D eigenvalue weighted by Gasteiger charge is -2.17. The summed E-state index contributed by atoms with van der Waals surface area (Å²) in [6, 6.07) is 8.79. The number of hydrogen-bond acceptors (Lipinski definition) is 5. The van der Waals surface area contributed by atoms with E-state index < -0.39 is 6.61 Å². The van der Waals surface area contributed by atoms with Crippen molar-refractivity contribution in [2.45, 2.75) is 45.4 Å². The van der Waals surface area contributed by atoms with Gasteiger partial charge in [0.2, 0.25) is 0 Å². The summed E-state index contributed by atoms with van der Waals surface area (Å²) in [6.45, 7) is 1.30. The van der Waals surface area contributed by atoms with Crippen molar-refractivity contribution in [3.05, 3.63) is 47.9 Å². The standard InChI is InChI=1S/C22H29F2N3O4/c1-2-28-19-9-3-6-16(20(19)31-21(23)24)14-26-22(27-15-18-8-5-13-30-18)25-11-10-17-7-4-12-29-17/h3-4,6-7,9,12,18,21H,2,5,8,10-11,13-15H2,1H3,(H2,25,26,27).